The molecular formula is C29H39N7. The minimum absolute atomic E-state index is 0.602. The topological polar surface area (TPSA) is 98.7 Å². The number of hydrogen-bond acceptors (Lipinski definition) is 5. The van der Waals surface area contributed by atoms with E-state index in [0.29, 0.717) is 6.54 Å². The van der Waals surface area contributed by atoms with E-state index < -0.39 is 0 Å². The number of rotatable bonds is 14. The molecule has 4 aromatic rings. The molecule has 2 heterocycles. The second kappa shape index (κ2) is 13.0. The Morgan fingerprint density at radius 1 is 0.861 bits per heavy atom. The number of nitrogens with two attached hydrogens (primary N) is 1. The highest BCUT2D eigenvalue weighted by Crippen LogP contribution is 2.27. The Hall–Kier alpha value is -3.42. The first-order valence-corrected chi connectivity index (χ1v) is 13.0. The molecule has 0 unspecified atom stereocenters. The average molecular weight is 486 g/mol. The van der Waals surface area contributed by atoms with E-state index in [9.17, 15) is 0 Å². The molecule has 0 aliphatic carbocycles. The van der Waals surface area contributed by atoms with E-state index in [1.807, 2.05) is 12.3 Å². The van der Waals surface area contributed by atoms with Crippen molar-refractivity contribution >= 4 is 5.69 Å². The van der Waals surface area contributed by atoms with E-state index in [0.717, 1.165) is 63.4 Å². The van der Waals surface area contributed by atoms with Gasteiger partial charge in [0.05, 0.1) is 6.54 Å². The highest BCUT2D eigenvalue weighted by Gasteiger charge is 2.13. The molecule has 0 amide bonds. The number of aromatic amines is 2. The van der Waals surface area contributed by atoms with Crippen LogP contribution < -0.4 is 11.1 Å². The number of benzene rings is 2. The van der Waals surface area contributed by atoms with Gasteiger partial charge in [0.2, 0.25) is 0 Å². The number of aromatic nitrogens is 4. The third-order valence-electron chi connectivity index (χ3n) is 6.54. The van der Waals surface area contributed by atoms with Crippen molar-refractivity contribution in [3.05, 3.63) is 100 Å². The molecular weight excluding hydrogens is 446 g/mol. The molecule has 0 fully saturated rings. The summed E-state index contributed by atoms with van der Waals surface area (Å²) in [6, 6.07) is 15.3. The molecule has 0 radical (unpaired) electrons. The van der Waals surface area contributed by atoms with Crippen LogP contribution in [0.15, 0.2) is 61.1 Å². The molecule has 0 atom stereocenters. The predicted octanol–water partition coefficient (Wildman–Crippen LogP) is 5.31. The van der Waals surface area contributed by atoms with Crippen molar-refractivity contribution in [1.29, 1.82) is 0 Å². The van der Waals surface area contributed by atoms with Crippen LogP contribution in [-0.4, -0.2) is 25.1 Å². The Balaban J connectivity index is 1.42. The van der Waals surface area contributed by atoms with Crippen LogP contribution in [0.1, 0.15) is 66.0 Å². The van der Waals surface area contributed by atoms with E-state index in [1.54, 1.807) is 12.4 Å². The maximum absolute atomic E-state index is 6.05. The summed E-state index contributed by atoms with van der Waals surface area (Å²) in [5.41, 5.74) is 15.1. The van der Waals surface area contributed by atoms with Gasteiger partial charge in [-0.05, 0) is 52.8 Å². The Morgan fingerprint density at radius 3 is 2.31 bits per heavy atom. The smallest absolute Gasteiger partial charge is 0.120 e. The number of nitrogens with zero attached hydrogens (tertiary/aromatic N) is 3. The van der Waals surface area contributed by atoms with E-state index in [-0.39, 0.29) is 0 Å². The first kappa shape index (κ1) is 25.7. The summed E-state index contributed by atoms with van der Waals surface area (Å²) in [6.45, 7) is 8.24. The zero-order valence-corrected chi connectivity index (χ0v) is 21.6. The van der Waals surface area contributed by atoms with Crippen LogP contribution in [0, 0.1) is 0 Å². The Morgan fingerprint density at radius 2 is 1.64 bits per heavy atom. The van der Waals surface area contributed by atoms with Crippen molar-refractivity contribution < 1.29 is 0 Å². The van der Waals surface area contributed by atoms with Crippen LogP contribution in [0.2, 0.25) is 0 Å². The SMILES string of the molecule is CCCc1c(CN)ccc(NCc2ccc(CN(Cc3ccn[nH]3)Cc3ncc[nH]3)cc2)c1CCC. The monoisotopic (exact) mass is 485 g/mol. The van der Waals surface area contributed by atoms with Gasteiger partial charge in [-0.25, -0.2) is 4.98 Å². The summed E-state index contributed by atoms with van der Waals surface area (Å²) < 4.78 is 0. The van der Waals surface area contributed by atoms with Gasteiger partial charge in [-0.2, -0.15) is 5.10 Å². The second-order valence-corrected chi connectivity index (χ2v) is 9.37. The van der Waals surface area contributed by atoms with Gasteiger partial charge < -0.3 is 16.0 Å². The third-order valence-corrected chi connectivity index (χ3v) is 6.54. The molecule has 5 N–H and O–H groups in total. The molecule has 7 nitrogen and oxygen atoms in total. The number of nitrogens with one attached hydrogen (secondary N) is 3. The van der Waals surface area contributed by atoms with Gasteiger partial charge in [-0.3, -0.25) is 10.00 Å². The molecule has 0 aliphatic heterocycles. The largest absolute Gasteiger partial charge is 0.381 e. The number of anilines is 1. The van der Waals surface area contributed by atoms with Crippen molar-refractivity contribution in [2.45, 2.75) is 72.3 Å². The van der Waals surface area contributed by atoms with Gasteiger partial charge in [0.15, 0.2) is 0 Å². The Labute approximate surface area is 214 Å². The Bertz CT molecular complexity index is 1130. The van der Waals surface area contributed by atoms with E-state index in [1.165, 1.54) is 33.5 Å². The van der Waals surface area contributed by atoms with Gasteiger partial charge in [-0.15, -0.1) is 0 Å². The van der Waals surface area contributed by atoms with Gasteiger partial charge in [-0.1, -0.05) is 57.0 Å². The molecule has 2 aromatic carbocycles. The Kier molecular flexibility index (Phi) is 9.30. The van der Waals surface area contributed by atoms with Gasteiger partial charge in [0.1, 0.15) is 5.82 Å². The van der Waals surface area contributed by atoms with Gasteiger partial charge in [0.25, 0.3) is 0 Å². The lowest BCUT2D eigenvalue weighted by molar-refractivity contribution is 0.239. The molecule has 2 aromatic heterocycles. The molecule has 0 saturated carbocycles. The van der Waals surface area contributed by atoms with Crippen LogP contribution in [-0.2, 0) is 45.6 Å². The van der Waals surface area contributed by atoms with Crippen molar-refractivity contribution in [1.82, 2.24) is 25.1 Å². The third kappa shape index (κ3) is 6.83. The van der Waals surface area contributed by atoms with Crippen LogP contribution in [0.5, 0.6) is 0 Å². The zero-order chi connectivity index (χ0) is 25.2. The maximum atomic E-state index is 6.05. The summed E-state index contributed by atoms with van der Waals surface area (Å²) in [5, 5.41) is 10.9. The normalized spacial score (nSPS) is 11.3. The van der Waals surface area contributed by atoms with Crippen LogP contribution in [0.4, 0.5) is 5.69 Å². The van der Waals surface area contributed by atoms with Crippen LogP contribution >= 0.6 is 0 Å². The molecule has 190 valence electrons. The minimum Gasteiger partial charge on any atom is -0.381 e. The van der Waals surface area contributed by atoms with Crippen molar-refractivity contribution in [3.8, 4) is 0 Å². The maximum Gasteiger partial charge on any atom is 0.120 e. The summed E-state index contributed by atoms with van der Waals surface area (Å²) >= 11 is 0. The lowest BCUT2D eigenvalue weighted by Gasteiger charge is -2.21. The lowest BCUT2D eigenvalue weighted by atomic mass is 9.92. The quantitative estimate of drug-likeness (QED) is 0.194. The van der Waals surface area contributed by atoms with Crippen molar-refractivity contribution in [2.75, 3.05) is 5.32 Å². The molecule has 0 saturated heterocycles. The molecule has 0 spiro atoms. The standard InChI is InChI=1S/C29H39N7/c1-3-5-26-24(17-30)11-12-28(27(26)6-4-2)33-18-22-7-9-23(10-8-22)19-36(20-25-13-14-34-35-25)21-29-31-15-16-32-29/h7-16,33H,3-6,17-21,30H2,1-2H3,(H,31,32)(H,34,35). The predicted molar refractivity (Wildman–Crippen MR) is 146 cm³/mol. The molecule has 4 rings (SSSR count). The fourth-order valence-corrected chi connectivity index (χ4v) is 4.79. The fourth-order valence-electron chi connectivity index (χ4n) is 4.79. The van der Waals surface area contributed by atoms with Crippen molar-refractivity contribution in [3.63, 3.8) is 0 Å². The van der Waals surface area contributed by atoms with E-state index in [2.05, 4.69) is 80.6 Å². The summed E-state index contributed by atoms with van der Waals surface area (Å²) in [4.78, 5) is 9.97. The number of hydrogen-bond donors (Lipinski definition) is 4. The molecule has 0 aliphatic rings. The molecule has 0 bridgehead atoms. The van der Waals surface area contributed by atoms with E-state index in [4.69, 9.17) is 5.73 Å². The first-order valence-electron chi connectivity index (χ1n) is 13.0. The highest BCUT2D eigenvalue weighted by atomic mass is 15.2. The summed E-state index contributed by atoms with van der Waals surface area (Å²) in [6.07, 6.45) is 9.87. The minimum atomic E-state index is 0.602. The van der Waals surface area contributed by atoms with E-state index >= 15 is 0 Å². The zero-order valence-electron chi connectivity index (χ0n) is 21.6. The van der Waals surface area contributed by atoms with Crippen molar-refractivity contribution in [2.24, 2.45) is 5.73 Å². The average Bonchev–Trinajstić information content (AvgIpc) is 3.60. The van der Waals surface area contributed by atoms with Crippen LogP contribution in [0.3, 0.4) is 0 Å². The van der Waals surface area contributed by atoms with Crippen LogP contribution in [0.25, 0.3) is 0 Å². The number of imidazole rings is 1. The van der Waals surface area contributed by atoms with Gasteiger partial charge in [0, 0.05) is 56.2 Å². The lowest BCUT2D eigenvalue weighted by Crippen LogP contribution is -2.23. The highest BCUT2D eigenvalue weighted by molar-refractivity contribution is 5.58. The molecule has 7 heteroatoms. The molecule has 36 heavy (non-hydrogen) atoms. The first-order chi connectivity index (χ1) is 17.7. The fraction of sp³-hybridized carbons (Fsp3) is 0.379. The van der Waals surface area contributed by atoms with Gasteiger partial charge >= 0.3 is 0 Å². The summed E-state index contributed by atoms with van der Waals surface area (Å²) in [7, 11) is 0. The summed E-state index contributed by atoms with van der Waals surface area (Å²) in [5.74, 6) is 0.960. The number of H-pyrrole nitrogens is 2. The second-order valence-electron chi connectivity index (χ2n) is 9.37.